The SMILES string of the molecule is COc1c(Br)cc(C2(O)CC2)cc1C1CCCC1. The number of hydrogen-bond acceptors (Lipinski definition) is 2. The summed E-state index contributed by atoms with van der Waals surface area (Å²) in [5, 5.41) is 10.3. The molecule has 1 aromatic rings. The van der Waals surface area contributed by atoms with Crippen molar-refractivity contribution in [1.82, 2.24) is 0 Å². The first kappa shape index (κ1) is 12.5. The molecule has 0 radical (unpaired) electrons. The van der Waals surface area contributed by atoms with Crippen LogP contribution in [0.15, 0.2) is 16.6 Å². The van der Waals surface area contributed by atoms with Gasteiger partial charge in [-0.2, -0.15) is 0 Å². The number of hydrogen-bond donors (Lipinski definition) is 1. The van der Waals surface area contributed by atoms with Gasteiger partial charge in [0.25, 0.3) is 0 Å². The van der Waals surface area contributed by atoms with E-state index in [9.17, 15) is 5.11 Å². The Morgan fingerprint density at radius 3 is 2.50 bits per heavy atom. The van der Waals surface area contributed by atoms with Crippen LogP contribution in [0.2, 0.25) is 0 Å². The van der Waals surface area contributed by atoms with E-state index in [1.807, 2.05) is 6.07 Å². The lowest BCUT2D eigenvalue weighted by molar-refractivity contribution is 0.151. The quantitative estimate of drug-likeness (QED) is 0.911. The van der Waals surface area contributed by atoms with Crippen LogP contribution in [-0.2, 0) is 5.60 Å². The molecular formula is C15H19BrO2. The molecule has 18 heavy (non-hydrogen) atoms. The summed E-state index contributed by atoms with van der Waals surface area (Å²) >= 11 is 3.59. The molecule has 0 aromatic heterocycles. The molecule has 0 amide bonds. The Morgan fingerprint density at radius 1 is 1.28 bits per heavy atom. The summed E-state index contributed by atoms with van der Waals surface area (Å²) in [6, 6.07) is 4.19. The number of rotatable bonds is 3. The van der Waals surface area contributed by atoms with Gasteiger partial charge in [-0.3, -0.25) is 0 Å². The van der Waals surface area contributed by atoms with Crippen molar-refractivity contribution in [2.24, 2.45) is 0 Å². The van der Waals surface area contributed by atoms with Crippen molar-refractivity contribution in [2.75, 3.05) is 7.11 Å². The smallest absolute Gasteiger partial charge is 0.136 e. The van der Waals surface area contributed by atoms with Gasteiger partial charge in [-0.1, -0.05) is 12.8 Å². The van der Waals surface area contributed by atoms with E-state index in [2.05, 4.69) is 22.0 Å². The van der Waals surface area contributed by atoms with E-state index in [0.717, 1.165) is 28.6 Å². The molecule has 0 unspecified atom stereocenters. The third kappa shape index (κ3) is 2.08. The van der Waals surface area contributed by atoms with Crippen LogP contribution >= 0.6 is 15.9 Å². The second kappa shape index (κ2) is 4.53. The summed E-state index contributed by atoms with van der Waals surface area (Å²) in [5.41, 5.74) is 1.76. The zero-order chi connectivity index (χ0) is 12.8. The van der Waals surface area contributed by atoms with Crippen LogP contribution < -0.4 is 4.74 Å². The Labute approximate surface area is 116 Å². The van der Waals surface area contributed by atoms with Gasteiger partial charge in [0.1, 0.15) is 5.75 Å². The molecule has 3 rings (SSSR count). The van der Waals surface area contributed by atoms with E-state index >= 15 is 0 Å². The van der Waals surface area contributed by atoms with Gasteiger partial charge in [0, 0.05) is 0 Å². The molecule has 98 valence electrons. The summed E-state index contributed by atoms with van der Waals surface area (Å²) in [5.74, 6) is 1.55. The number of halogens is 1. The fourth-order valence-corrected chi connectivity index (χ4v) is 3.68. The van der Waals surface area contributed by atoms with E-state index in [0.29, 0.717) is 5.92 Å². The van der Waals surface area contributed by atoms with Gasteiger partial charge < -0.3 is 9.84 Å². The summed E-state index contributed by atoms with van der Waals surface area (Å²) < 4.78 is 6.52. The minimum absolute atomic E-state index is 0.567. The number of aliphatic hydroxyl groups is 1. The lowest BCUT2D eigenvalue weighted by atomic mass is 9.93. The summed E-state index contributed by atoms with van der Waals surface area (Å²) in [7, 11) is 1.73. The Hall–Kier alpha value is -0.540. The molecule has 2 aliphatic rings. The highest BCUT2D eigenvalue weighted by Crippen LogP contribution is 2.50. The highest BCUT2D eigenvalue weighted by atomic mass is 79.9. The normalized spacial score (nSPS) is 22.2. The largest absolute Gasteiger partial charge is 0.495 e. The lowest BCUT2D eigenvalue weighted by Crippen LogP contribution is -2.07. The van der Waals surface area contributed by atoms with Gasteiger partial charge in [0.15, 0.2) is 0 Å². The monoisotopic (exact) mass is 310 g/mol. The standard InChI is InChI=1S/C15H19BrO2/c1-18-14-12(10-4-2-3-5-10)8-11(9-13(14)16)15(17)6-7-15/h8-10,17H,2-7H2,1H3. The van der Waals surface area contributed by atoms with Crippen LogP contribution in [0, 0.1) is 0 Å². The van der Waals surface area contributed by atoms with E-state index in [-0.39, 0.29) is 0 Å². The maximum Gasteiger partial charge on any atom is 0.136 e. The highest BCUT2D eigenvalue weighted by molar-refractivity contribution is 9.10. The zero-order valence-corrected chi connectivity index (χ0v) is 12.3. The maximum atomic E-state index is 10.3. The van der Waals surface area contributed by atoms with E-state index < -0.39 is 5.60 Å². The van der Waals surface area contributed by atoms with Crippen LogP contribution in [0.1, 0.15) is 55.6 Å². The third-order valence-corrected chi connectivity index (χ3v) is 4.92. The molecule has 2 nitrogen and oxygen atoms in total. The van der Waals surface area contributed by atoms with Crippen molar-refractivity contribution in [3.8, 4) is 5.75 Å². The fourth-order valence-electron chi connectivity index (χ4n) is 3.05. The average Bonchev–Trinajstić information content (AvgIpc) is 2.92. The first-order valence-corrected chi connectivity index (χ1v) is 7.53. The summed E-state index contributed by atoms with van der Waals surface area (Å²) in [6.07, 6.45) is 6.86. The van der Waals surface area contributed by atoms with Crippen LogP contribution in [0.4, 0.5) is 0 Å². The predicted octanol–water partition coefficient (Wildman–Crippen LogP) is 4.10. The first-order valence-electron chi connectivity index (χ1n) is 6.74. The molecule has 0 atom stereocenters. The number of ether oxygens (including phenoxy) is 1. The van der Waals surface area contributed by atoms with E-state index in [1.165, 1.54) is 31.2 Å². The topological polar surface area (TPSA) is 29.5 Å². The van der Waals surface area contributed by atoms with E-state index in [1.54, 1.807) is 7.11 Å². The van der Waals surface area contributed by atoms with Gasteiger partial charge in [-0.25, -0.2) is 0 Å². The third-order valence-electron chi connectivity index (χ3n) is 4.33. The minimum Gasteiger partial charge on any atom is -0.495 e. The highest BCUT2D eigenvalue weighted by Gasteiger charge is 2.43. The van der Waals surface area contributed by atoms with Gasteiger partial charge in [-0.05, 0) is 70.8 Å². The fraction of sp³-hybridized carbons (Fsp3) is 0.600. The van der Waals surface area contributed by atoms with Crippen LogP contribution in [0.25, 0.3) is 0 Å². The Bertz CT molecular complexity index is 460. The van der Waals surface area contributed by atoms with Gasteiger partial charge in [0.05, 0.1) is 17.2 Å². The molecule has 1 aromatic carbocycles. The molecular weight excluding hydrogens is 292 g/mol. The molecule has 2 saturated carbocycles. The second-order valence-corrected chi connectivity index (χ2v) is 6.45. The Morgan fingerprint density at radius 2 is 1.94 bits per heavy atom. The summed E-state index contributed by atoms with van der Waals surface area (Å²) in [4.78, 5) is 0. The molecule has 0 aliphatic heterocycles. The molecule has 0 bridgehead atoms. The minimum atomic E-state index is -0.567. The average molecular weight is 311 g/mol. The molecule has 0 spiro atoms. The van der Waals surface area contributed by atoms with Crippen molar-refractivity contribution in [3.05, 3.63) is 27.7 Å². The van der Waals surface area contributed by atoms with Gasteiger partial charge >= 0.3 is 0 Å². The molecule has 3 heteroatoms. The van der Waals surface area contributed by atoms with Crippen LogP contribution in [-0.4, -0.2) is 12.2 Å². The van der Waals surface area contributed by atoms with Crippen LogP contribution in [0.3, 0.4) is 0 Å². The maximum absolute atomic E-state index is 10.3. The van der Waals surface area contributed by atoms with Crippen molar-refractivity contribution >= 4 is 15.9 Å². The van der Waals surface area contributed by atoms with E-state index in [4.69, 9.17) is 4.74 Å². The molecule has 0 heterocycles. The molecule has 2 aliphatic carbocycles. The second-order valence-electron chi connectivity index (χ2n) is 5.59. The van der Waals surface area contributed by atoms with Crippen molar-refractivity contribution in [3.63, 3.8) is 0 Å². The van der Waals surface area contributed by atoms with Crippen molar-refractivity contribution in [1.29, 1.82) is 0 Å². The predicted molar refractivity (Wildman–Crippen MR) is 75.0 cm³/mol. The Kier molecular flexibility index (Phi) is 3.15. The molecule has 0 saturated heterocycles. The summed E-state index contributed by atoms with van der Waals surface area (Å²) in [6.45, 7) is 0. The molecule has 1 N–H and O–H groups in total. The first-order chi connectivity index (χ1) is 8.64. The van der Waals surface area contributed by atoms with Gasteiger partial charge in [0.2, 0.25) is 0 Å². The Balaban J connectivity index is 2.05. The lowest BCUT2D eigenvalue weighted by Gasteiger charge is -2.19. The van der Waals surface area contributed by atoms with Crippen molar-refractivity contribution in [2.45, 2.75) is 50.0 Å². The van der Waals surface area contributed by atoms with Crippen LogP contribution in [0.5, 0.6) is 5.75 Å². The number of methoxy groups -OCH3 is 1. The molecule has 2 fully saturated rings. The zero-order valence-electron chi connectivity index (χ0n) is 10.7. The van der Waals surface area contributed by atoms with Gasteiger partial charge in [-0.15, -0.1) is 0 Å². The van der Waals surface area contributed by atoms with Crippen molar-refractivity contribution < 1.29 is 9.84 Å². The number of benzene rings is 1.